The number of hydrogen-bond donors (Lipinski definition) is 1. The second kappa shape index (κ2) is 6.37. The van der Waals surface area contributed by atoms with Gasteiger partial charge in [-0.15, -0.1) is 11.3 Å². The van der Waals surface area contributed by atoms with Gasteiger partial charge in [0.2, 0.25) is 5.78 Å². The fourth-order valence-electron chi connectivity index (χ4n) is 2.46. The first-order valence-electron chi connectivity index (χ1n) is 7.22. The molecule has 0 bridgehead atoms. The lowest BCUT2D eigenvalue weighted by Crippen LogP contribution is -2.19. The summed E-state index contributed by atoms with van der Waals surface area (Å²) < 4.78 is 5.09. The van der Waals surface area contributed by atoms with Gasteiger partial charge in [-0.2, -0.15) is 5.10 Å². The average Bonchev–Trinajstić information content (AvgIpc) is 2.91. The summed E-state index contributed by atoms with van der Waals surface area (Å²) >= 11 is 1.52. The van der Waals surface area contributed by atoms with Gasteiger partial charge in [-0.05, 0) is 26.0 Å². The van der Waals surface area contributed by atoms with Gasteiger partial charge in [0.15, 0.2) is 12.3 Å². The van der Waals surface area contributed by atoms with Crippen molar-refractivity contribution in [1.82, 2.24) is 10.2 Å². The molecule has 0 amide bonds. The summed E-state index contributed by atoms with van der Waals surface area (Å²) in [6.45, 7) is 3.39. The van der Waals surface area contributed by atoms with Crippen molar-refractivity contribution >= 4 is 33.9 Å². The van der Waals surface area contributed by atoms with Crippen LogP contribution in [0.1, 0.15) is 30.6 Å². The summed E-state index contributed by atoms with van der Waals surface area (Å²) in [4.78, 5) is 38.1. The molecule has 24 heavy (non-hydrogen) atoms. The summed E-state index contributed by atoms with van der Waals surface area (Å²) in [6, 6.07) is 8.38. The highest BCUT2D eigenvalue weighted by Gasteiger charge is 2.18. The van der Waals surface area contributed by atoms with Gasteiger partial charge in [-0.1, -0.05) is 18.2 Å². The molecular formula is C17H14N2O4S. The Labute approximate surface area is 141 Å². The second-order valence-corrected chi connectivity index (χ2v) is 6.73. The van der Waals surface area contributed by atoms with Gasteiger partial charge < -0.3 is 4.74 Å². The van der Waals surface area contributed by atoms with Crippen LogP contribution in [-0.2, 0) is 4.74 Å². The number of H-pyrrole nitrogens is 1. The quantitative estimate of drug-likeness (QED) is 0.581. The number of carbonyl (C=O) groups excluding carboxylic acids is 2. The van der Waals surface area contributed by atoms with E-state index in [9.17, 15) is 14.4 Å². The van der Waals surface area contributed by atoms with Crippen LogP contribution in [-0.4, -0.2) is 28.6 Å². The van der Waals surface area contributed by atoms with Gasteiger partial charge in [0.25, 0.3) is 5.56 Å². The average molecular weight is 342 g/mol. The van der Waals surface area contributed by atoms with Crippen LogP contribution in [0.15, 0.2) is 35.1 Å². The number of benzene rings is 1. The molecule has 0 saturated carbocycles. The lowest BCUT2D eigenvalue weighted by atomic mass is 10.1. The first-order chi connectivity index (χ1) is 11.5. The van der Waals surface area contributed by atoms with Gasteiger partial charge in [-0.25, -0.2) is 9.89 Å². The smallest absolute Gasteiger partial charge is 0.359 e. The predicted octanol–water partition coefficient (Wildman–Crippen LogP) is 2.64. The zero-order chi connectivity index (χ0) is 17.3. The number of aromatic amines is 1. The minimum absolute atomic E-state index is 0.0174. The molecule has 0 aliphatic rings. The molecule has 6 nitrogen and oxygen atoms in total. The summed E-state index contributed by atoms with van der Waals surface area (Å²) in [5.74, 6) is -1.01. The minimum atomic E-state index is -0.750. The molecule has 2 heterocycles. The number of thiophene rings is 1. The third-order valence-corrected chi connectivity index (χ3v) is 4.53. The summed E-state index contributed by atoms with van der Waals surface area (Å²) in [5.41, 5.74) is 0.156. The normalized spacial score (nSPS) is 10.8. The van der Waals surface area contributed by atoms with E-state index >= 15 is 0 Å². The molecule has 3 aromatic rings. The third kappa shape index (κ3) is 2.98. The molecule has 7 heteroatoms. The van der Waals surface area contributed by atoms with Crippen molar-refractivity contribution in [3.8, 4) is 0 Å². The number of esters is 1. The largest absolute Gasteiger partial charge is 0.452 e. The van der Waals surface area contributed by atoms with Crippen LogP contribution in [0.4, 0.5) is 0 Å². The van der Waals surface area contributed by atoms with Crippen molar-refractivity contribution < 1.29 is 14.3 Å². The maximum atomic E-state index is 12.2. The maximum Gasteiger partial charge on any atom is 0.359 e. The minimum Gasteiger partial charge on any atom is -0.452 e. The number of ether oxygens (including phenoxy) is 1. The Kier molecular flexibility index (Phi) is 4.26. The molecular weight excluding hydrogens is 328 g/mol. The van der Waals surface area contributed by atoms with E-state index in [-0.39, 0.29) is 23.6 Å². The van der Waals surface area contributed by atoms with Crippen LogP contribution in [0.5, 0.6) is 0 Å². The zero-order valence-corrected chi connectivity index (χ0v) is 13.9. The molecule has 1 aromatic carbocycles. The summed E-state index contributed by atoms with van der Waals surface area (Å²) in [7, 11) is 0. The highest BCUT2D eigenvalue weighted by Crippen LogP contribution is 2.21. The van der Waals surface area contributed by atoms with Crippen LogP contribution in [0.25, 0.3) is 10.8 Å². The van der Waals surface area contributed by atoms with Crippen molar-refractivity contribution in [2.45, 2.75) is 13.8 Å². The number of aromatic nitrogens is 2. The van der Waals surface area contributed by atoms with Gasteiger partial charge in [0.1, 0.15) is 0 Å². The molecule has 0 unspecified atom stereocenters. The molecule has 0 saturated heterocycles. The van der Waals surface area contributed by atoms with E-state index in [1.165, 1.54) is 11.3 Å². The number of hydrogen-bond acceptors (Lipinski definition) is 6. The Morgan fingerprint density at radius 1 is 1.21 bits per heavy atom. The Balaban J connectivity index is 1.81. The fourth-order valence-corrected chi connectivity index (χ4v) is 3.40. The maximum absolute atomic E-state index is 12.2. The van der Waals surface area contributed by atoms with Crippen LogP contribution >= 0.6 is 11.3 Å². The van der Waals surface area contributed by atoms with Crippen molar-refractivity contribution in [1.29, 1.82) is 0 Å². The topological polar surface area (TPSA) is 89.1 Å². The predicted molar refractivity (Wildman–Crippen MR) is 90.8 cm³/mol. The number of carbonyl (C=O) groups is 2. The first-order valence-corrected chi connectivity index (χ1v) is 8.04. The number of ketones is 1. The number of rotatable bonds is 4. The third-order valence-electron chi connectivity index (χ3n) is 3.57. The molecule has 0 atom stereocenters. The Morgan fingerprint density at radius 3 is 2.58 bits per heavy atom. The Bertz CT molecular complexity index is 1000. The summed E-state index contributed by atoms with van der Waals surface area (Å²) in [6.07, 6.45) is 0. The van der Waals surface area contributed by atoms with E-state index in [4.69, 9.17) is 4.74 Å². The van der Waals surface area contributed by atoms with Gasteiger partial charge >= 0.3 is 5.97 Å². The van der Waals surface area contributed by atoms with E-state index in [0.29, 0.717) is 16.3 Å². The lowest BCUT2D eigenvalue weighted by Gasteiger charge is -2.05. The molecule has 0 aliphatic heterocycles. The van der Waals surface area contributed by atoms with Crippen LogP contribution < -0.4 is 5.56 Å². The standard InChI is InChI=1S/C17H14N2O4S/c1-9-7-13(10(2)24-9)14(20)8-23-17(22)15-11-5-3-4-6-12(11)16(21)19-18-15/h3-7H,8H2,1-2H3,(H,19,21). The highest BCUT2D eigenvalue weighted by molar-refractivity contribution is 7.12. The lowest BCUT2D eigenvalue weighted by molar-refractivity contribution is 0.0470. The van der Waals surface area contributed by atoms with Crippen LogP contribution in [0, 0.1) is 13.8 Å². The zero-order valence-electron chi connectivity index (χ0n) is 13.1. The van der Waals surface area contributed by atoms with Crippen molar-refractivity contribution in [2.75, 3.05) is 6.61 Å². The van der Waals surface area contributed by atoms with Crippen molar-refractivity contribution in [3.05, 3.63) is 61.7 Å². The number of aryl methyl sites for hydroxylation is 2. The molecule has 2 aromatic heterocycles. The van der Waals surface area contributed by atoms with Crippen LogP contribution in [0.2, 0.25) is 0 Å². The van der Waals surface area contributed by atoms with Crippen molar-refractivity contribution in [3.63, 3.8) is 0 Å². The van der Waals surface area contributed by atoms with Gasteiger partial charge in [0, 0.05) is 20.7 Å². The Morgan fingerprint density at radius 2 is 1.92 bits per heavy atom. The molecule has 0 aliphatic carbocycles. The monoisotopic (exact) mass is 342 g/mol. The number of nitrogens with zero attached hydrogens (tertiary/aromatic N) is 1. The molecule has 0 spiro atoms. The molecule has 0 radical (unpaired) electrons. The van der Waals surface area contributed by atoms with Crippen LogP contribution in [0.3, 0.4) is 0 Å². The molecule has 3 rings (SSSR count). The van der Waals surface area contributed by atoms with Gasteiger partial charge in [0.05, 0.1) is 5.39 Å². The second-order valence-electron chi connectivity index (χ2n) is 5.27. The summed E-state index contributed by atoms with van der Waals surface area (Å²) in [5, 5.41) is 6.76. The number of nitrogens with one attached hydrogen (secondary N) is 1. The number of Topliss-reactive ketones (excluding diaryl/α,β-unsaturated/α-hetero) is 1. The van der Waals surface area contributed by atoms with E-state index < -0.39 is 5.97 Å². The fraction of sp³-hybridized carbons (Fsp3) is 0.176. The molecule has 1 N–H and O–H groups in total. The Hall–Kier alpha value is -2.80. The van der Waals surface area contributed by atoms with E-state index in [2.05, 4.69) is 10.2 Å². The number of fused-ring (bicyclic) bond motifs is 1. The first kappa shape index (κ1) is 16.1. The molecule has 0 fully saturated rings. The molecule has 122 valence electrons. The van der Waals surface area contributed by atoms with E-state index in [1.54, 1.807) is 30.3 Å². The SMILES string of the molecule is Cc1cc(C(=O)COC(=O)c2n[nH]c(=O)c3ccccc23)c(C)s1. The van der Waals surface area contributed by atoms with Crippen molar-refractivity contribution in [2.24, 2.45) is 0 Å². The van der Waals surface area contributed by atoms with E-state index in [0.717, 1.165) is 9.75 Å². The highest BCUT2D eigenvalue weighted by atomic mass is 32.1. The van der Waals surface area contributed by atoms with E-state index in [1.807, 2.05) is 13.8 Å². The van der Waals surface area contributed by atoms with Gasteiger partial charge in [-0.3, -0.25) is 9.59 Å².